The van der Waals surface area contributed by atoms with Crippen molar-refractivity contribution in [3.8, 4) is 5.69 Å². The van der Waals surface area contributed by atoms with E-state index >= 15 is 0 Å². The fraction of sp³-hybridized carbons (Fsp3) is 0.250. The van der Waals surface area contributed by atoms with Crippen LogP contribution in [-0.2, 0) is 11.3 Å². The predicted molar refractivity (Wildman–Crippen MR) is 100 cm³/mol. The Labute approximate surface area is 158 Å². The molecule has 0 bridgehead atoms. The van der Waals surface area contributed by atoms with Crippen LogP contribution in [0.5, 0.6) is 0 Å². The highest BCUT2D eigenvalue weighted by Crippen LogP contribution is 2.21. The number of aromatic nitrogens is 4. The molecule has 0 saturated heterocycles. The molecular weight excluding hydrogens is 378 g/mol. The van der Waals surface area contributed by atoms with Gasteiger partial charge in [0.1, 0.15) is 0 Å². The molecule has 9 heteroatoms. The largest absolute Gasteiger partial charge is 0.340 e. The fourth-order valence-corrected chi connectivity index (χ4v) is 4.04. The zero-order chi connectivity index (χ0) is 17.8. The van der Waals surface area contributed by atoms with Gasteiger partial charge < -0.3 is 4.90 Å². The molecule has 0 aliphatic carbocycles. The number of thioether (sulfide) groups is 1. The van der Waals surface area contributed by atoms with Crippen LogP contribution in [0.25, 0.3) is 5.69 Å². The predicted octanol–water partition coefficient (Wildman–Crippen LogP) is 3.44. The van der Waals surface area contributed by atoms with E-state index in [1.54, 1.807) is 33.1 Å². The molecule has 0 spiro atoms. The lowest BCUT2D eigenvalue weighted by molar-refractivity contribution is -0.127. The summed E-state index contributed by atoms with van der Waals surface area (Å²) in [6, 6.07) is 9.27. The quantitative estimate of drug-likeness (QED) is 0.600. The fourth-order valence-electron chi connectivity index (χ4n) is 2.12. The van der Waals surface area contributed by atoms with Crippen molar-refractivity contribution in [2.24, 2.45) is 0 Å². The summed E-state index contributed by atoms with van der Waals surface area (Å²) < 4.78 is 1.59. The number of tetrazole rings is 1. The molecule has 1 amide bonds. The number of hydrogen-bond acceptors (Lipinski definition) is 6. The summed E-state index contributed by atoms with van der Waals surface area (Å²) in [7, 11) is 1.81. The van der Waals surface area contributed by atoms with Crippen molar-refractivity contribution in [1.29, 1.82) is 0 Å². The van der Waals surface area contributed by atoms with Crippen LogP contribution in [0.2, 0.25) is 5.02 Å². The number of aryl methyl sites for hydroxylation is 1. The third kappa shape index (κ3) is 4.39. The number of halogens is 1. The molecule has 0 atom stereocenters. The topological polar surface area (TPSA) is 63.9 Å². The van der Waals surface area contributed by atoms with Gasteiger partial charge in [0.05, 0.1) is 18.0 Å². The maximum atomic E-state index is 12.4. The van der Waals surface area contributed by atoms with Crippen LogP contribution in [0.1, 0.15) is 10.4 Å². The van der Waals surface area contributed by atoms with Crippen LogP contribution >= 0.6 is 34.7 Å². The molecule has 2 aromatic heterocycles. The van der Waals surface area contributed by atoms with E-state index in [-0.39, 0.29) is 11.7 Å². The Morgan fingerprint density at radius 3 is 2.76 bits per heavy atom. The molecule has 0 aliphatic heterocycles. The Bertz CT molecular complexity index is 862. The highest BCUT2D eigenvalue weighted by molar-refractivity contribution is 7.99. The minimum absolute atomic E-state index is 0.0310. The Morgan fingerprint density at radius 1 is 1.32 bits per heavy atom. The normalized spacial score (nSPS) is 10.8. The van der Waals surface area contributed by atoms with Gasteiger partial charge in [0, 0.05) is 16.9 Å². The van der Waals surface area contributed by atoms with Crippen molar-refractivity contribution in [3.63, 3.8) is 0 Å². The second kappa shape index (κ2) is 7.99. The summed E-state index contributed by atoms with van der Waals surface area (Å²) >= 11 is 8.88. The van der Waals surface area contributed by atoms with Crippen molar-refractivity contribution in [1.82, 2.24) is 25.1 Å². The van der Waals surface area contributed by atoms with Crippen LogP contribution in [0, 0.1) is 6.92 Å². The van der Waals surface area contributed by atoms with Crippen molar-refractivity contribution >= 4 is 40.6 Å². The molecule has 130 valence electrons. The first-order valence-corrected chi connectivity index (χ1v) is 9.73. The molecule has 0 fully saturated rings. The summed E-state index contributed by atoms with van der Waals surface area (Å²) in [5, 5.41) is 14.9. The molecule has 0 unspecified atom stereocenters. The van der Waals surface area contributed by atoms with E-state index in [1.165, 1.54) is 22.2 Å². The Kier molecular flexibility index (Phi) is 5.72. The summed E-state index contributed by atoms with van der Waals surface area (Å²) in [5.41, 5.74) is 2.01. The Balaban J connectivity index is 1.62. The Hall–Kier alpha value is -1.90. The number of benzene rings is 1. The maximum absolute atomic E-state index is 12.4. The number of carbonyl (C=O) groups excluding carboxylic acids is 1. The molecule has 0 radical (unpaired) electrons. The van der Waals surface area contributed by atoms with E-state index in [0.29, 0.717) is 16.7 Å². The average Bonchev–Trinajstić information content (AvgIpc) is 3.23. The van der Waals surface area contributed by atoms with Gasteiger partial charge in [-0.25, -0.2) is 0 Å². The number of nitrogens with zero attached hydrogens (tertiary/aromatic N) is 5. The smallest absolute Gasteiger partial charge is 0.233 e. The molecule has 0 N–H and O–H groups in total. The van der Waals surface area contributed by atoms with Crippen LogP contribution < -0.4 is 0 Å². The monoisotopic (exact) mass is 393 g/mol. The molecule has 3 aromatic rings. The third-order valence-corrected chi connectivity index (χ3v) is 5.78. The van der Waals surface area contributed by atoms with Crippen molar-refractivity contribution < 1.29 is 4.79 Å². The van der Waals surface area contributed by atoms with Crippen molar-refractivity contribution in [3.05, 3.63) is 51.2 Å². The van der Waals surface area contributed by atoms with Gasteiger partial charge in [-0.3, -0.25) is 4.79 Å². The highest BCUT2D eigenvalue weighted by Gasteiger charge is 2.15. The van der Waals surface area contributed by atoms with E-state index in [0.717, 1.165) is 5.69 Å². The molecule has 1 aromatic carbocycles. The SMILES string of the molecule is Cc1ccsc1CN(C)C(=O)CSc1nnnn1-c1ccc(Cl)cc1. The standard InChI is InChI=1S/C16H16ClN5OS2/c1-11-7-8-24-14(11)9-21(2)15(23)10-25-16-18-19-20-22(16)13-5-3-12(17)4-6-13/h3-8H,9-10H2,1-2H3. The van der Waals surface area contributed by atoms with Crippen molar-refractivity contribution in [2.45, 2.75) is 18.6 Å². The summed E-state index contributed by atoms with van der Waals surface area (Å²) in [4.78, 5) is 15.3. The minimum Gasteiger partial charge on any atom is -0.340 e. The summed E-state index contributed by atoms with van der Waals surface area (Å²) in [6.07, 6.45) is 0. The average molecular weight is 394 g/mol. The lowest BCUT2D eigenvalue weighted by atomic mass is 10.3. The Morgan fingerprint density at radius 2 is 2.08 bits per heavy atom. The first-order valence-electron chi connectivity index (χ1n) is 7.48. The van der Waals surface area contributed by atoms with Gasteiger partial charge in [-0.2, -0.15) is 4.68 Å². The molecule has 25 heavy (non-hydrogen) atoms. The van der Waals surface area contributed by atoms with Crippen molar-refractivity contribution in [2.75, 3.05) is 12.8 Å². The first-order chi connectivity index (χ1) is 12.0. The molecule has 6 nitrogen and oxygen atoms in total. The number of hydrogen-bond donors (Lipinski definition) is 0. The third-order valence-electron chi connectivity index (χ3n) is 3.61. The lowest BCUT2D eigenvalue weighted by Gasteiger charge is -2.16. The van der Waals surface area contributed by atoms with Crippen LogP contribution in [0.15, 0.2) is 40.9 Å². The number of amides is 1. The van der Waals surface area contributed by atoms with E-state index in [1.807, 2.05) is 24.6 Å². The van der Waals surface area contributed by atoms with E-state index < -0.39 is 0 Å². The summed E-state index contributed by atoms with van der Waals surface area (Å²) in [5.74, 6) is 0.304. The number of rotatable bonds is 6. The summed E-state index contributed by atoms with van der Waals surface area (Å²) in [6.45, 7) is 2.67. The van der Waals surface area contributed by atoms with Gasteiger partial charge in [0.15, 0.2) is 0 Å². The number of carbonyl (C=O) groups is 1. The van der Waals surface area contributed by atoms with Gasteiger partial charge in [0.25, 0.3) is 0 Å². The molecule has 2 heterocycles. The number of thiophene rings is 1. The van der Waals surface area contributed by atoms with Gasteiger partial charge in [-0.1, -0.05) is 23.4 Å². The zero-order valence-corrected chi connectivity index (χ0v) is 16.1. The van der Waals surface area contributed by atoms with E-state index in [4.69, 9.17) is 11.6 Å². The van der Waals surface area contributed by atoms with Gasteiger partial charge in [0.2, 0.25) is 11.1 Å². The second-order valence-corrected chi connectivity index (χ2v) is 7.79. The minimum atomic E-state index is 0.0310. The molecule has 0 aliphatic rings. The molecular formula is C16H16ClN5OS2. The molecule has 3 rings (SSSR count). The van der Waals surface area contributed by atoms with Gasteiger partial charge in [-0.05, 0) is 58.6 Å². The van der Waals surface area contributed by atoms with E-state index in [2.05, 4.69) is 28.5 Å². The highest BCUT2D eigenvalue weighted by atomic mass is 35.5. The lowest BCUT2D eigenvalue weighted by Crippen LogP contribution is -2.27. The van der Waals surface area contributed by atoms with Crippen LogP contribution in [-0.4, -0.2) is 43.8 Å². The zero-order valence-electron chi connectivity index (χ0n) is 13.7. The van der Waals surface area contributed by atoms with Crippen LogP contribution in [0.3, 0.4) is 0 Å². The van der Waals surface area contributed by atoms with Gasteiger partial charge in [-0.15, -0.1) is 16.4 Å². The maximum Gasteiger partial charge on any atom is 0.233 e. The second-order valence-electron chi connectivity index (χ2n) is 5.41. The van der Waals surface area contributed by atoms with Crippen LogP contribution in [0.4, 0.5) is 0 Å². The van der Waals surface area contributed by atoms with E-state index in [9.17, 15) is 4.79 Å². The molecule has 0 saturated carbocycles. The van der Waals surface area contributed by atoms with Gasteiger partial charge >= 0.3 is 0 Å². The first kappa shape index (κ1) is 17.9.